The zero-order valence-electron chi connectivity index (χ0n) is 10.9. The van der Waals surface area contributed by atoms with Gasteiger partial charge in [0.25, 0.3) is 0 Å². The minimum atomic E-state index is 0.0990. The molecule has 0 aliphatic carbocycles. The van der Waals surface area contributed by atoms with Gasteiger partial charge in [-0.3, -0.25) is 0 Å². The van der Waals surface area contributed by atoms with Crippen LogP contribution in [0, 0.1) is 11.8 Å². The maximum Gasteiger partial charge on any atom is 0.0818 e. The van der Waals surface area contributed by atoms with E-state index in [-0.39, 0.29) is 6.10 Å². The number of thiophene rings is 1. The fraction of sp³-hybridized carbons (Fsp3) is 0.250. The highest BCUT2D eigenvalue weighted by Crippen LogP contribution is 2.21. The third-order valence-corrected chi connectivity index (χ3v) is 3.64. The largest absolute Gasteiger partial charge is 0.368 e. The van der Waals surface area contributed by atoms with Gasteiger partial charge in [0.2, 0.25) is 0 Å². The SMILES string of the molecule is CC(OCc1cc(C#CCN)cs1)c1ccccc1. The second kappa shape index (κ2) is 7.10. The molecule has 0 radical (unpaired) electrons. The van der Waals surface area contributed by atoms with Gasteiger partial charge in [0.15, 0.2) is 0 Å². The van der Waals surface area contributed by atoms with Crippen LogP contribution in [0.15, 0.2) is 41.8 Å². The highest BCUT2D eigenvalue weighted by Gasteiger charge is 2.06. The van der Waals surface area contributed by atoms with Crippen LogP contribution >= 0.6 is 11.3 Å². The van der Waals surface area contributed by atoms with Gasteiger partial charge in [-0.05, 0) is 18.6 Å². The van der Waals surface area contributed by atoms with E-state index in [1.54, 1.807) is 11.3 Å². The number of hydrogen-bond donors (Lipinski definition) is 1. The molecule has 0 bridgehead atoms. The zero-order chi connectivity index (χ0) is 13.5. The molecule has 1 aromatic carbocycles. The Morgan fingerprint density at radius 1 is 1.32 bits per heavy atom. The molecule has 2 N–H and O–H groups in total. The lowest BCUT2D eigenvalue weighted by Gasteiger charge is -2.12. The lowest BCUT2D eigenvalue weighted by atomic mass is 10.1. The van der Waals surface area contributed by atoms with E-state index in [1.165, 1.54) is 10.4 Å². The van der Waals surface area contributed by atoms with E-state index in [1.807, 2.05) is 23.6 Å². The normalized spacial score (nSPS) is 11.7. The Bertz CT molecular complexity index is 565. The number of rotatable bonds is 4. The van der Waals surface area contributed by atoms with Crippen molar-refractivity contribution >= 4 is 11.3 Å². The monoisotopic (exact) mass is 271 g/mol. The molecular weight excluding hydrogens is 254 g/mol. The minimum Gasteiger partial charge on any atom is -0.368 e. The van der Waals surface area contributed by atoms with E-state index in [0.717, 1.165) is 5.56 Å². The molecule has 1 atom stereocenters. The van der Waals surface area contributed by atoms with Crippen molar-refractivity contribution in [1.29, 1.82) is 0 Å². The fourth-order valence-electron chi connectivity index (χ4n) is 1.70. The zero-order valence-corrected chi connectivity index (χ0v) is 11.7. The summed E-state index contributed by atoms with van der Waals surface area (Å²) >= 11 is 1.67. The summed E-state index contributed by atoms with van der Waals surface area (Å²) in [6.07, 6.45) is 0.0990. The van der Waals surface area contributed by atoms with Gasteiger partial charge in [-0.1, -0.05) is 42.2 Å². The Labute approximate surface area is 118 Å². The van der Waals surface area contributed by atoms with Crippen LogP contribution < -0.4 is 5.73 Å². The summed E-state index contributed by atoms with van der Waals surface area (Å²) in [7, 11) is 0. The van der Waals surface area contributed by atoms with Gasteiger partial charge in [-0.15, -0.1) is 11.3 Å². The van der Waals surface area contributed by atoms with Crippen LogP contribution in [0.1, 0.15) is 29.0 Å². The molecule has 0 aliphatic heterocycles. The summed E-state index contributed by atoms with van der Waals surface area (Å²) in [5.41, 5.74) is 7.56. The molecule has 2 rings (SSSR count). The number of hydrogen-bond acceptors (Lipinski definition) is 3. The van der Waals surface area contributed by atoms with Crippen molar-refractivity contribution in [2.45, 2.75) is 19.6 Å². The van der Waals surface area contributed by atoms with Crippen molar-refractivity contribution in [3.63, 3.8) is 0 Å². The second-order valence-corrected chi connectivity index (χ2v) is 5.17. The van der Waals surface area contributed by atoms with Gasteiger partial charge in [0.1, 0.15) is 0 Å². The van der Waals surface area contributed by atoms with Gasteiger partial charge >= 0.3 is 0 Å². The number of benzene rings is 1. The van der Waals surface area contributed by atoms with Gasteiger partial charge in [-0.2, -0.15) is 0 Å². The van der Waals surface area contributed by atoms with Crippen LogP contribution in [0.2, 0.25) is 0 Å². The van der Waals surface area contributed by atoms with Gasteiger partial charge in [0, 0.05) is 15.8 Å². The van der Waals surface area contributed by atoms with Gasteiger partial charge in [0.05, 0.1) is 19.3 Å². The smallest absolute Gasteiger partial charge is 0.0818 e. The summed E-state index contributed by atoms with van der Waals surface area (Å²) < 4.78 is 5.87. The summed E-state index contributed by atoms with van der Waals surface area (Å²) in [5.74, 6) is 5.88. The van der Waals surface area contributed by atoms with Crippen molar-refractivity contribution in [3.05, 3.63) is 57.8 Å². The molecule has 1 unspecified atom stereocenters. The molecule has 0 saturated heterocycles. The first-order chi connectivity index (χ1) is 9.29. The Balaban J connectivity index is 1.90. The molecule has 0 saturated carbocycles. The van der Waals surface area contributed by atoms with Crippen molar-refractivity contribution in [1.82, 2.24) is 0 Å². The highest BCUT2D eigenvalue weighted by atomic mass is 32.1. The number of nitrogens with two attached hydrogens (primary N) is 1. The third kappa shape index (κ3) is 4.22. The molecule has 0 aliphatic rings. The molecular formula is C16H17NOS. The molecule has 0 fully saturated rings. The van der Waals surface area contributed by atoms with Gasteiger partial charge in [-0.25, -0.2) is 0 Å². The molecule has 0 amide bonds. The average molecular weight is 271 g/mol. The van der Waals surface area contributed by atoms with Crippen LogP contribution in [0.5, 0.6) is 0 Å². The highest BCUT2D eigenvalue weighted by molar-refractivity contribution is 7.10. The molecule has 2 nitrogen and oxygen atoms in total. The molecule has 3 heteroatoms. The standard InChI is InChI=1S/C16H17NOS/c1-13(15-7-3-2-4-8-15)18-11-16-10-14(12-19-16)6-5-9-17/h2-4,7-8,10,12-13H,9,11,17H2,1H3. The van der Waals surface area contributed by atoms with Crippen LogP contribution in [0.4, 0.5) is 0 Å². The van der Waals surface area contributed by atoms with E-state index in [0.29, 0.717) is 13.2 Å². The maximum absolute atomic E-state index is 5.87. The van der Waals surface area contributed by atoms with Crippen LogP contribution in [-0.2, 0) is 11.3 Å². The molecule has 1 aromatic heterocycles. The lowest BCUT2D eigenvalue weighted by molar-refractivity contribution is 0.0542. The molecule has 1 heterocycles. The van der Waals surface area contributed by atoms with E-state index in [2.05, 4.69) is 37.0 Å². The van der Waals surface area contributed by atoms with Gasteiger partial charge < -0.3 is 10.5 Å². The number of ether oxygens (including phenoxy) is 1. The van der Waals surface area contributed by atoms with E-state index >= 15 is 0 Å². The Kier molecular flexibility index (Phi) is 5.17. The first-order valence-electron chi connectivity index (χ1n) is 6.22. The topological polar surface area (TPSA) is 35.2 Å². The molecule has 2 aromatic rings. The summed E-state index contributed by atoms with van der Waals surface area (Å²) in [4.78, 5) is 1.18. The summed E-state index contributed by atoms with van der Waals surface area (Å²) in [6, 6.07) is 12.3. The Hall–Kier alpha value is -1.60. The third-order valence-electron chi connectivity index (χ3n) is 2.73. The van der Waals surface area contributed by atoms with E-state index < -0.39 is 0 Å². The van der Waals surface area contributed by atoms with Crippen LogP contribution in [0.25, 0.3) is 0 Å². The predicted molar refractivity (Wildman–Crippen MR) is 79.9 cm³/mol. The van der Waals surface area contributed by atoms with Crippen LogP contribution in [-0.4, -0.2) is 6.54 Å². The van der Waals surface area contributed by atoms with Crippen molar-refractivity contribution in [3.8, 4) is 11.8 Å². The quantitative estimate of drug-likeness (QED) is 0.866. The second-order valence-electron chi connectivity index (χ2n) is 4.17. The van der Waals surface area contributed by atoms with Crippen molar-refractivity contribution in [2.24, 2.45) is 5.73 Å². The average Bonchev–Trinajstić information content (AvgIpc) is 2.91. The molecule has 19 heavy (non-hydrogen) atoms. The molecule has 0 spiro atoms. The van der Waals surface area contributed by atoms with Crippen molar-refractivity contribution in [2.75, 3.05) is 6.54 Å². The van der Waals surface area contributed by atoms with E-state index in [4.69, 9.17) is 10.5 Å². The van der Waals surface area contributed by atoms with Crippen molar-refractivity contribution < 1.29 is 4.74 Å². The minimum absolute atomic E-state index is 0.0990. The van der Waals surface area contributed by atoms with E-state index in [9.17, 15) is 0 Å². The molecule has 98 valence electrons. The summed E-state index contributed by atoms with van der Waals surface area (Å²) in [6.45, 7) is 3.08. The fourth-order valence-corrected chi connectivity index (χ4v) is 2.44. The first kappa shape index (κ1) is 13.8. The summed E-state index contributed by atoms with van der Waals surface area (Å²) in [5, 5.41) is 2.04. The lowest BCUT2D eigenvalue weighted by Crippen LogP contribution is -1.99. The van der Waals surface area contributed by atoms with Crippen LogP contribution in [0.3, 0.4) is 0 Å². The Morgan fingerprint density at radius 2 is 2.11 bits per heavy atom. The predicted octanol–water partition coefficient (Wildman–Crippen LogP) is 3.34. The first-order valence-corrected chi connectivity index (χ1v) is 7.10. The maximum atomic E-state index is 5.87. The Morgan fingerprint density at radius 3 is 2.84 bits per heavy atom.